The summed E-state index contributed by atoms with van der Waals surface area (Å²) in [5.41, 5.74) is 1.57. The van der Waals surface area contributed by atoms with Gasteiger partial charge >= 0.3 is 29.6 Å². The summed E-state index contributed by atoms with van der Waals surface area (Å²) in [6, 6.07) is 8.53. The van der Waals surface area contributed by atoms with E-state index >= 15 is 0 Å². The molecule has 0 spiro atoms. The first-order valence-electron chi connectivity index (χ1n) is 4.36. The van der Waals surface area contributed by atoms with Gasteiger partial charge in [0.25, 0.3) is 0 Å². The SMILES string of the molecule is Cn1ccc(-c2cccc(S(=O)[O-])c2)n1.[Na+]. The first kappa shape index (κ1) is 13.6. The quantitative estimate of drug-likeness (QED) is 0.469. The van der Waals surface area contributed by atoms with Crippen LogP contribution in [-0.2, 0) is 18.1 Å². The zero-order valence-electron chi connectivity index (χ0n) is 9.08. The second-order valence-electron chi connectivity index (χ2n) is 3.14. The van der Waals surface area contributed by atoms with Crippen LogP contribution < -0.4 is 29.6 Å². The maximum Gasteiger partial charge on any atom is 1.00 e. The fourth-order valence-corrected chi connectivity index (χ4v) is 1.74. The third kappa shape index (κ3) is 3.02. The Labute approximate surface area is 118 Å². The van der Waals surface area contributed by atoms with E-state index in [9.17, 15) is 8.76 Å². The topological polar surface area (TPSA) is 58.0 Å². The molecule has 0 aliphatic heterocycles. The molecule has 0 saturated carbocycles. The van der Waals surface area contributed by atoms with Crippen molar-refractivity contribution in [1.82, 2.24) is 9.78 Å². The Balaban J connectivity index is 0.00000128. The first-order chi connectivity index (χ1) is 7.16. The molecule has 1 aromatic heterocycles. The average molecular weight is 244 g/mol. The van der Waals surface area contributed by atoms with Gasteiger partial charge in [-0.2, -0.15) is 5.10 Å². The van der Waals surface area contributed by atoms with Gasteiger partial charge in [0.2, 0.25) is 0 Å². The fraction of sp³-hybridized carbons (Fsp3) is 0.100. The minimum Gasteiger partial charge on any atom is -0.768 e. The summed E-state index contributed by atoms with van der Waals surface area (Å²) >= 11 is -2.19. The summed E-state index contributed by atoms with van der Waals surface area (Å²) < 4.78 is 23.2. The van der Waals surface area contributed by atoms with Crippen molar-refractivity contribution in [3.63, 3.8) is 0 Å². The molecule has 0 N–H and O–H groups in total. The van der Waals surface area contributed by atoms with Crippen molar-refractivity contribution in [3.8, 4) is 11.3 Å². The molecule has 0 aliphatic carbocycles. The molecule has 0 saturated heterocycles. The third-order valence-electron chi connectivity index (χ3n) is 2.04. The molecule has 0 aliphatic rings. The van der Waals surface area contributed by atoms with Crippen molar-refractivity contribution in [2.45, 2.75) is 4.90 Å². The standard InChI is InChI=1S/C10H10N2O2S.Na/c1-12-6-5-10(11-12)8-3-2-4-9(7-8)15(13)14;/h2-7H,1H3,(H,13,14);/q;+1/p-1. The second kappa shape index (κ2) is 5.75. The summed E-state index contributed by atoms with van der Waals surface area (Å²) in [6.45, 7) is 0. The molecular formula is C10H9N2NaO2S. The van der Waals surface area contributed by atoms with E-state index in [1.54, 1.807) is 22.9 Å². The van der Waals surface area contributed by atoms with Crippen LogP contribution in [0.1, 0.15) is 0 Å². The molecule has 1 atom stereocenters. The van der Waals surface area contributed by atoms with Crippen molar-refractivity contribution < 1.29 is 38.3 Å². The Morgan fingerprint density at radius 1 is 1.38 bits per heavy atom. The normalized spacial score (nSPS) is 11.9. The van der Waals surface area contributed by atoms with E-state index in [-0.39, 0.29) is 34.5 Å². The maximum absolute atomic E-state index is 10.8. The van der Waals surface area contributed by atoms with Gasteiger partial charge in [-0.3, -0.25) is 8.89 Å². The van der Waals surface area contributed by atoms with Gasteiger partial charge in [-0.15, -0.1) is 0 Å². The summed E-state index contributed by atoms with van der Waals surface area (Å²) in [6.07, 6.45) is 1.82. The molecule has 78 valence electrons. The Hall–Kier alpha value is -0.460. The molecule has 1 aromatic carbocycles. The second-order valence-corrected chi connectivity index (χ2v) is 4.08. The van der Waals surface area contributed by atoms with Crippen LogP contribution in [0.3, 0.4) is 0 Å². The number of hydrogen-bond donors (Lipinski definition) is 0. The third-order valence-corrected chi connectivity index (χ3v) is 2.67. The van der Waals surface area contributed by atoms with Gasteiger partial charge in [0.15, 0.2) is 0 Å². The number of aryl methyl sites for hydroxylation is 1. The Bertz CT molecular complexity index is 513. The van der Waals surface area contributed by atoms with Crippen LogP contribution in [0.25, 0.3) is 11.3 Å². The van der Waals surface area contributed by atoms with Crippen LogP contribution in [0.2, 0.25) is 0 Å². The van der Waals surface area contributed by atoms with Crippen LogP contribution in [-0.4, -0.2) is 18.5 Å². The molecule has 0 fully saturated rings. The van der Waals surface area contributed by atoms with Gasteiger partial charge in [-0.1, -0.05) is 12.1 Å². The first-order valence-corrected chi connectivity index (χ1v) is 5.43. The minimum absolute atomic E-state index is 0. The summed E-state index contributed by atoms with van der Waals surface area (Å²) in [4.78, 5) is 0.276. The van der Waals surface area contributed by atoms with E-state index < -0.39 is 11.1 Å². The Morgan fingerprint density at radius 2 is 2.12 bits per heavy atom. The number of hydrogen-bond acceptors (Lipinski definition) is 3. The zero-order chi connectivity index (χ0) is 10.8. The molecule has 0 amide bonds. The largest absolute Gasteiger partial charge is 1.00 e. The van der Waals surface area contributed by atoms with E-state index in [2.05, 4.69) is 5.10 Å². The molecule has 6 heteroatoms. The molecule has 4 nitrogen and oxygen atoms in total. The summed E-state index contributed by atoms with van der Waals surface area (Å²) in [7, 11) is 1.82. The van der Waals surface area contributed by atoms with Gasteiger partial charge in [0, 0.05) is 23.7 Å². The monoisotopic (exact) mass is 244 g/mol. The molecule has 1 unspecified atom stereocenters. The molecule has 0 bridgehead atoms. The van der Waals surface area contributed by atoms with Crippen molar-refractivity contribution in [2.75, 3.05) is 0 Å². The maximum atomic E-state index is 10.8. The van der Waals surface area contributed by atoms with Crippen molar-refractivity contribution >= 4 is 11.1 Å². The van der Waals surface area contributed by atoms with Gasteiger partial charge in [-0.25, -0.2) is 0 Å². The minimum atomic E-state index is -2.19. The van der Waals surface area contributed by atoms with Crippen molar-refractivity contribution in [1.29, 1.82) is 0 Å². The van der Waals surface area contributed by atoms with Gasteiger partial charge in [0.05, 0.1) is 5.69 Å². The van der Waals surface area contributed by atoms with Crippen LogP contribution in [0, 0.1) is 0 Å². The molecule has 2 rings (SSSR count). The smallest absolute Gasteiger partial charge is 0.768 e. The van der Waals surface area contributed by atoms with Gasteiger partial charge in [0.1, 0.15) is 0 Å². The van der Waals surface area contributed by atoms with E-state index in [0.717, 1.165) is 11.3 Å². The molecule has 2 aromatic rings. The average Bonchev–Trinajstić information content (AvgIpc) is 2.65. The van der Waals surface area contributed by atoms with Gasteiger partial charge < -0.3 is 4.55 Å². The molecular weight excluding hydrogens is 235 g/mol. The molecule has 1 heterocycles. The fourth-order valence-electron chi connectivity index (χ4n) is 1.33. The van der Waals surface area contributed by atoms with Crippen LogP contribution >= 0.6 is 0 Å². The number of nitrogens with zero attached hydrogens (tertiary/aromatic N) is 2. The number of aromatic nitrogens is 2. The van der Waals surface area contributed by atoms with E-state index in [4.69, 9.17) is 0 Å². The Kier molecular flexibility index (Phi) is 4.89. The van der Waals surface area contributed by atoms with E-state index in [1.165, 1.54) is 0 Å². The van der Waals surface area contributed by atoms with Gasteiger partial charge in [-0.05, 0) is 29.3 Å². The molecule has 16 heavy (non-hydrogen) atoms. The Morgan fingerprint density at radius 3 is 2.69 bits per heavy atom. The van der Waals surface area contributed by atoms with E-state index in [1.807, 2.05) is 25.4 Å². The number of benzene rings is 1. The van der Waals surface area contributed by atoms with Crippen molar-refractivity contribution in [2.24, 2.45) is 7.05 Å². The van der Waals surface area contributed by atoms with Crippen molar-refractivity contribution in [3.05, 3.63) is 36.5 Å². The van der Waals surface area contributed by atoms with Crippen LogP contribution in [0.5, 0.6) is 0 Å². The summed E-state index contributed by atoms with van der Waals surface area (Å²) in [5.74, 6) is 0. The van der Waals surface area contributed by atoms with Crippen LogP contribution in [0.15, 0.2) is 41.4 Å². The summed E-state index contributed by atoms with van der Waals surface area (Å²) in [5, 5.41) is 4.20. The predicted molar refractivity (Wildman–Crippen MR) is 55.8 cm³/mol. The predicted octanol–water partition coefficient (Wildman–Crippen LogP) is -1.67. The number of rotatable bonds is 2. The van der Waals surface area contributed by atoms with E-state index in [0.29, 0.717) is 0 Å². The zero-order valence-corrected chi connectivity index (χ0v) is 11.9. The molecule has 0 radical (unpaired) electrons. The van der Waals surface area contributed by atoms with Crippen LogP contribution in [0.4, 0.5) is 0 Å².